The van der Waals surface area contributed by atoms with Gasteiger partial charge in [-0.2, -0.15) is 0 Å². The predicted molar refractivity (Wildman–Crippen MR) is 133 cm³/mol. The Morgan fingerprint density at radius 3 is 2.21 bits per heavy atom. The number of carbonyl (C=O) groups excluding carboxylic acids is 1. The molecular formula is C30H46O4. The van der Waals surface area contributed by atoms with Crippen molar-refractivity contribution in [1.29, 1.82) is 0 Å². The van der Waals surface area contributed by atoms with Gasteiger partial charge in [0.05, 0.1) is 11.5 Å². The van der Waals surface area contributed by atoms with Crippen molar-refractivity contribution in [2.45, 2.75) is 112 Å². The summed E-state index contributed by atoms with van der Waals surface area (Å²) >= 11 is 0. The zero-order chi connectivity index (χ0) is 25.1. The molecule has 0 unspecified atom stereocenters. The fraction of sp³-hybridized carbons (Fsp3) is 0.867. The molecule has 4 heteroatoms. The van der Waals surface area contributed by atoms with Crippen molar-refractivity contribution in [2.24, 2.45) is 50.2 Å². The molecule has 0 amide bonds. The van der Waals surface area contributed by atoms with Gasteiger partial charge in [-0.25, -0.2) is 0 Å². The van der Waals surface area contributed by atoms with Crippen molar-refractivity contribution in [3.8, 4) is 0 Å². The number of carboxylic acid groups (broad SMARTS) is 1. The van der Waals surface area contributed by atoms with E-state index < -0.39 is 11.4 Å². The van der Waals surface area contributed by atoms with Gasteiger partial charge in [0.2, 0.25) is 0 Å². The number of rotatable bonds is 1. The van der Waals surface area contributed by atoms with E-state index in [1.165, 1.54) is 5.57 Å². The molecule has 5 aliphatic carbocycles. The van der Waals surface area contributed by atoms with Crippen molar-refractivity contribution < 1.29 is 19.8 Å². The summed E-state index contributed by atoms with van der Waals surface area (Å²) in [7, 11) is 0. The van der Waals surface area contributed by atoms with Crippen LogP contribution in [0.1, 0.15) is 106 Å². The minimum absolute atomic E-state index is 0.0296. The first-order chi connectivity index (χ1) is 15.6. The monoisotopic (exact) mass is 470 g/mol. The minimum atomic E-state index is -0.711. The van der Waals surface area contributed by atoms with E-state index in [-0.39, 0.29) is 50.8 Å². The number of carboxylic acids is 1. The van der Waals surface area contributed by atoms with Crippen LogP contribution in [-0.2, 0) is 9.59 Å². The highest BCUT2D eigenvalue weighted by Crippen LogP contribution is 2.75. The van der Waals surface area contributed by atoms with E-state index in [0.717, 1.165) is 51.4 Å². The molecular weight excluding hydrogens is 424 g/mol. The van der Waals surface area contributed by atoms with E-state index in [0.29, 0.717) is 12.3 Å². The standard InChI is InChI=1S/C30H46O4/c1-25(2)21-8-11-30(7)23(28(21,5)10-9-22(25)32)20(31)16-18-19-17-27(4,24(33)34)13-12-26(19,3)14-15-29(18,30)6/h16,19,21-23,32H,8-15,17H2,1-7H3,(H,33,34)/t19-,21-,22-,23+,26+,27+,28-,29+,30+/m0/s1. The summed E-state index contributed by atoms with van der Waals surface area (Å²) in [6, 6.07) is 0. The topological polar surface area (TPSA) is 74.6 Å². The van der Waals surface area contributed by atoms with E-state index in [9.17, 15) is 19.8 Å². The van der Waals surface area contributed by atoms with Crippen molar-refractivity contribution >= 4 is 11.8 Å². The molecule has 4 saturated carbocycles. The predicted octanol–water partition coefficient (Wildman–Crippen LogP) is 6.41. The van der Waals surface area contributed by atoms with Gasteiger partial charge in [-0.1, -0.05) is 47.1 Å². The second kappa shape index (κ2) is 6.99. The normalized spacial score (nSPS) is 54.1. The number of carbonyl (C=O) groups is 2. The molecule has 0 saturated heterocycles. The summed E-state index contributed by atoms with van der Waals surface area (Å²) in [6.07, 6.45) is 9.95. The van der Waals surface area contributed by atoms with Crippen LogP contribution >= 0.6 is 0 Å². The maximum absolute atomic E-state index is 14.2. The number of aliphatic hydroxyl groups is 1. The third kappa shape index (κ3) is 2.81. The Hall–Kier alpha value is -1.16. The molecule has 0 heterocycles. The SMILES string of the molecule is CC1(C)[C@@H](O)CC[C@]2(C)[C@H]3C(=O)C=C4[C@@H]5C[C@](C)(C(=O)O)CC[C@]5(C)CC[C@@]4(C)[C@]3(C)CC[C@@H]12. The highest BCUT2D eigenvalue weighted by Gasteiger charge is 2.70. The molecule has 0 aromatic carbocycles. The molecule has 190 valence electrons. The zero-order valence-corrected chi connectivity index (χ0v) is 22.5. The van der Waals surface area contributed by atoms with Gasteiger partial charge in [-0.3, -0.25) is 9.59 Å². The van der Waals surface area contributed by atoms with Gasteiger partial charge in [-0.15, -0.1) is 0 Å². The van der Waals surface area contributed by atoms with Gasteiger partial charge in [0.15, 0.2) is 5.78 Å². The lowest BCUT2D eigenvalue weighted by atomic mass is 9.33. The van der Waals surface area contributed by atoms with Crippen molar-refractivity contribution in [3.63, 3.8) is 0 Å². The lowest BCUT2D eigenvalue weighted by Crippen LogP contribution is -2.66. The highest BCUT2D eigenvalue weighted by atomic mass is 16.4. The summed E-state index contributed by atoms with van der Waals surface area (Å²) in [5, 5.41) is 20.9. The van der Waals surface area contributed by atoms with Crippen LogP contribution in [0.25, 0.3) is 0 Å². The quantitative estimate of drug-likeness (QED) is 0.464. The molecule has 0 aliphatic heterocycles. The van der Waals surface area contributed by atoms with Crippen LogP contribution < -0.4 is 0 Å². The molecule has 34 heavy (non-hydrogen) atoms. The second-order valence-electron chi connectivity index (χ2n) is 14.9. The van der Waals surface area contributed by atoms with E-state index in [1.54, 1.807) is 0 Å². The Kier molecular flexibility index (Phi) is 5.04. The Morgan fingerprint density at radius 1 is 0.912 bits per heavy atom. The summed E-state index contributed by atoms with van der Waals surface area (Å²) in [6.45, 7) is 15.8. The number of aliphatic carboxylic acids is 1. The molecule has 4 nitrogen and oxygen atoms in total. The highest BCUT2D eigenvalue weighted by molar-refractivity contribution is 5.95. The minimum Gasteiger partial charge on any atom is -0.481 e. The fourth-order valence-electron chi connectivity index (χ4n) is 10.4. The molecule has 0 aromatic rings. The first kappa shape index (κ1) is 24.5. The Bertz CT molecular complexity index is 965. The maximum Gasteiger partial charge on any atom is 0.309 e. The number of aliphatic hydroxyl groups excluding tert-OH is 1. The lowest BCUT2D eigenvalue weighted by Gasteiger charge is -2.70. The van der Waals surface area contributed by atoms with E-state index in [1.807, 2.05) is 13.0 Å². The number of allylic oxidation sites excluding steroid dienone is 2. The summed E-state index contributed by atoms with van der Waals surface area (Å²) in [5.74, 6) is 0.0603. The van der Waals surface area contributed by atoms with Crippen LogP contribution in [0.15, 0.2) is 11.6 Å². The van der Waals surface area contributed by atoms with E-state index >= 15 is 0 Å². The molecule has 9 atom stereocenters. The molecule has 0 aromatic heterocycles. The number of ketones is 1. The second-order valence-corrected chi connectivity index (χ2v) is 14.9. The Balaban J connectivity index is 1.62. The van der Waals surface area contributed by atoms with Crippen molar-refractivity contribution in [2.75, 3.05) is 0 Å². The van der Waals surface area contributed by atoms with Gasteiger partial charge in [-0.05, 0) is 110 Å². The van der Waals surface area contributed by atoms with Crippen LogP contribution in [0.4, 0.5) is 0 Å². The number of fused-ring (bicyclic) bond motifs is 7. The molecule has 5 aliphatic rings. The Morgan fingerprint density at radius 2 is 1.56 bits per heavy atom. The van der Waals surface area contributed by atoms with Gasteiger partial charge in [0.25, 0.3) is 0 Å². The van der Waals surface area contributed by atoms with Crippen LogP contribution in [-0.4, -0.2) is 28.1 Å². The van der Waals surface area contributed by atoms with Gasteiger partial charge < -0.3 is 10.2 Å². The van der Waals surface area contributed by atoms with Gasteiger partial charge >= 0.3 is 5.97 Å². The van der Waals surface area contributed by atoms with Crippen LogP contribution in [0, 0.1) is 50.2 Å². The summed E-state index contributed by atoms with van der Waals surface area (Å²) < 4.78 is 0. The van der Waals surface area contributed by atoms with Gasteiger partial charge in [0, 0.05) is 5.92 Å². The number of hydrogen-bond donors (Lipinski definition) is 2. The van der Waals surface area contributed by atoms with Crippen LogP contribution in [0.3, 0.4) is 0 Å². The molecule has 2 N–H and O–H groups in total. The smallest absolute Gasteiger partial charge is 0.309 e. The van der Waals surface area contributed by atoms with Crippen LogP contribution in [0.2, 0.25) is 0 Å². The molecule has 0 spiro atoms. The molecule has 0 radical (unpaired) electrons. The molecule has 4 fully saturated rings. The summed E-state index contributed by atoms with van der Waals surface area (Å²) in [4.78, 5) is 26.4. The van der Waals surface area contributed by atoms with Gasteiger partial charge in [0.1, 0.15) is 0 Å². The largest absolute Gasteiger partial charge is 0.481 e. The Labute approximate surface area is 206 Å². The molecule has 0 bridgehead atoms. The third-order valence-electron chi connectivity index (χ3n) is 13.1. The van der Waals surface area contributed by atoms with Crippen molar-refractivity contribution in [1.82, 2.24) is 0 Å². The van der Waals surface area contributed by atoms with E-state index in [4.69, 9.17) is 0 Å². The first-order valence-electron chi connectivity index (χ1n) is 13.7. The fourth-order valence-corrected chi connectivity index (χ4v) is 10.4. The summed E-state index contributed by atoms with van der Waals surface area (Å²) in [5.41, 5.74) is 0.142. The lowest BCUT2D eigenvalue weighted by molar-refractivity contribution is -0.202. The third-order valence-corrected chi connectivity index (χ3v) is 13.1. The first-order valence-corrected chi connectivity index (χ1v) is 13.7. The maximum atomic E-state index is 14.2. The average Bonchev–Trinajstić information content (AvgIpc) is 2.73. The number of hydrogen-bond acceptors (Lipinski definition) is 3. The van der Waals surface area contributed by atoms with E-state index in [2.05, 4.69) is 41.5 Å². The zero-order valence-electron chi connectivity index (χ0n) is 22.5. The van der Waals surface area contributed by atoms with Crippen LogP contribution in [0.5, 0.6) is 0 Å². The van der Waals surface area contributed by atoms with Crippen molar-refractivity contribution in [3.05, 3.63) is 11.6 Å². The molecule has 5 rings (SSSR count). The average molecular weight is 471 g/mol.